The molecule has 92 valence electrons. The van der Waals surface area contributed by atoms with Crippen LogP contribution < -0.4 is 11.3 Å². The van der Waals surface area contributed by atoms with Crippen molar-refractivity contribution in [2.45, 2.75) is 33.2 Å². The van der Waals surface area contributed by atoms with Crippen molar-refractivity contribution in [3.8, 4) is 0 Å². The van der Waals surface area contributed by atoms with Crippen LogP contribution in [0.5, 0.6) is 0 Å². The maximum absolute atomic E-state index is 11.9. The lowest BCUT2D eigenvalue weighted by atomic mass is 10.2. The van der Waals surface area contributed by atoms with Gasteiger partial charge in [0.15, 0.2) is 0 Å². The Kier molecular flexibility index (Phi) is 3.28. The second-order valence-corrected chi connectivity index (χ2v) is 4.02. The van der Waals surface area contributed by atoms with Crippen molar-refractivity contribution in [1.82, 2.24) is 14.2 Å². The van der Waals surface area contributed by atoms with Gasteiger partial charge in [0.1, 0.15) is 5.65 Å². The predicted molar refractivity (Wildman–Crippen MR) is 67.3 cm³/mol. The molecular formula is C12H18N4O. The Morgan fingerprint density at radius 2 is 2.12 bits per heavy atom. The lowest BCUT2D eigenvalue weighted by Crippen LogP contribution is -2.22. The van der Waals surface area contributed by atoms with Crippen LogP contribution in [-0.4, -0.2) is 20.7 Å². The quantitative estimate of drug-likeness (QED) is 0.841. The second-order valence-electron chi connectivity index (χ2n) is 4.02. The minimum atomic E-state index is -0.0761. The van der Waals surface area contributed by atoms with E-state index in [4.69, 9.17) is 5.73 Å². The number of nitrogens with zero attached hydrogens (tertiary/aromatic N) is 3. The highest BCUT2D eigenvalue weighted by Gasteiger charge is 2.10. The number of fused-ring (bicyclic) bond motifs is 1. The van der Waals surface area contributed by atoms with Gasteiger partial charge in [-0.05, 0) is 19.9 Å². The van der Waals surface area contributed by atoms with Crippen LogP contribution in [-0.2, 0) is 19.4 Å². The zero-order valence-electron chi connectivity index (χ0n) is 10.3. The molecule has 5 heteroatoms. The van der Waals surface area contributed by atoms with Crippen molar-refractivity contribution in [3.63, 3.8) is 0 Å². The molecule has 2 N–H and O–H groups in total. The van der Waals surface area contributed by atoms with Gasteiger partial charge in [-0.3, -0.25) is 4.79 Å². The number of aryl methyl sites for hydroxylation is 2. The van der Waals surface area contributed by atoms with E-state index in [1.54, 1.807) is 6.07 Å². The van der Waals surface area contributed by atoms with E-state index in [-0.39, 0.29) is 5.56 Å². The summed E-state index contributed by atoms with van der Waals surface area (Å²) in [5, 5.41) is 4.29. The number of nitrogens with two attached hydrogens (primary N) is 1. The van der Waals surface area contributed by atoms with E-state index in [0.29, 0.717) is 13.0 Å². The standard InChI is InChI=1S/C12H18N4O/c1-3-9-7-11-15(4-2)10(5-6-13)8-12(17)16(11)14-9/h7-8H,3-6,13H2,1-2H3. The van der Waals surface area contributed by atoms with Gasteiger partial charge < -0.3 is 10.3 Å². The number of rotatable bonds is 4. The molecule has 0 unspecified atom stereocenters. The van der Waals surface area contributed by atoms with E-state index >= 15 is 0 Å². The molecule has 0 aliphatic heterocycles. The van der Waals surface area contributed by atoms with Gasteiger partial charge in [0.25, 0.3) is 5.56 Å². The van der Waals surface area contributed by atoms with Crippen molar-refractivity contribution in [3.05, 3.63) is 33.9 Å². The van der Waals surface area contributed by atoms with Gasteiger partial charge in [-0.1, -0.05) is 6.92 Å². The average molecular weight is 234 g/mol. The summed E-state index contributed by atoms with van der Waals surface area (Å²) in [6, 6.07) is 3.61. The van der Waals surface area contributed by atoms with Gasteiger partial charge >= 0.3 is 0 Å². The molecule has 0 amide bonds. The van der Waals surface area contributed by atoms with E-state index in [0.717, 1.165) is 30.0 Å². The van der Waals surface area contributed by atoms with Crippen LogP contribution in [0, 0.1) is 0 Å². The van der Waals surface area contributed by atoms with Gasteiger partial charge in [0, 0.05) is 30.8 Å². The van der Waals surface area contributed by atoms with Crippen LogP contribution >= 0.6 is 0 Å². The minimum Gasteiger partial charge on any atom is -0.330 e. The van der Waals surface area contributed by atoms with E-state index in [1.165, 1.54) is 4.52 Å². The van der Waals surface area contributed by atoms with Crippen LogP contribution in [0.2, 0.25) is 0 Å². The van der Waals surface area contributed by atoms with Crippen LogP contribution in [0.3, 0.4) is 0 Å². The van der Waals surface area contributed by atoms with Crippen molar-refractivity contribution in [2.24, 2.45) is 5.73 Å². The van der Waals surface area contributed by atoms with Gasteiger partial charge in [-0.15, -0.1) is 0 Å². The van der Waals surface area contributed by atoms with Crippen LogP contribution in [0.4, 0.5) is 0 Å². The van der Waals surface area contributed by atoms with Gasteiger partial charge in [-0.25, -0.2) is 0 Å². The molecule has 0 spiro atoms. The topological polar surface area (TPSA) is 65.3 Å². The Morgan fingerprint density at radius 3 is 2.71 bits per heavy atom. The molecule has 0 atom stereocenters. The number of aromatic nitrogens is 3. The van der Waals surface area contributed by atoms with E-state index in [1.807, 2.05) is 13.0 Å². The van der Waals surface area contributed by atoms with Crippen LogP contribution in [0.1, 0.15) is 25.2 Å². The van der Waals surface area contributed by atoms with E-state index in [2.05, 4.69) is 16.6 Å². The average Bonchev–Trinajstić information content (AvgIpc) is 2.74. The van der Waals surface area contributed by atoms with Gasteiger partial charge in [-0.2, -0.15) is 9.61 Å². The highest BCUT2D eigenvalue weighted by atomic mass is 16.1. The fraction of sp³-hybridized carbons (Fsp3) is 0.500. The first-order valence-corrected chi connectivity index (χ1v) is 6.02. The summed E-state index contributed by atoms with van der Waals surface area (Å²) < 4.78 is 3.57. The molecule has 2 aromatic heterocycles. The maximum Gasteiger partial charge on any atom is 0.274 e. The highest BCUT2D eigenvalue weighted by Crippen LogP contribution is 2.09. The summed E-state index contributed by atoms with van der Waals surface area (Å²) in [7, 11) is 0. The van der Waals surface area contributed by atoms with E-state index < -0.39 is 0 Å². The molecule has 2 heterocycles. The lowest BCUT2D eigenvalue weighted by Gasteiger charge is -2.12. The van der Waals surface area contributed by atoms with Gasteiger partial charge in [0.2, 0.25) is 0 Å². The first kappa shape index (κ1) is 11.9. The van der Waals surface area contributed by atoms with Crippen molar-refractivity contribution < 1.29 is 0 Å². The molecule has 0 saturated carbocycles. The molecule has 0 aliphatic rings. The number of hydrogen-bond donors (Lipinski definition) is 1. The monoisotopic (exact) mass is 234 g/mol. The summed E-state index contributed by atoms with van der Waals surface area (Å²) in [5.74, 6) is 0. The fourth-order valence-electron chi connectivity index (χ4n) is 2.09. The minimum absolute atomic E-state index is 0.0761. The molecule has 17 heavy (non-hydrogen) atoms. The summed E-state index contributed by atoms with van der Waals surface area (Å²) in [4.78, 5) is 11.9. The van der Waals surface area contributed by atoms with Crippen LogP contribution in [0.25, 0.3) is 5.65 Å². The summed E-state index contributed by atoms with van der Waals surface area (Å²) in [6.45, 7) is 5.45. The van der Waals surface area contributed by atoms with Crippen molar-refractivity contribution >= 4 is 5.65 Å². The molecule has 0 bridgehead atoms. The summed E-state index contributed by atoms with van der Waals surface area (Å²) >= 11 is 0. The molecule has 0 aromatic carbocycles. The lowest BCUT2D eigenvalue weighted by molar-refractivity contribution is 0.684. The maximum atomic E-state index is 11.9. The van der Waals surface area contributed by atoms with Crippen LogP contribution in [0.15, 0.2) is 16.9 Å². The molecule has 0 radical (unpaired) electrons. The Hall–Kier alpha value is -1.62. The Labute approximate surface area is 99.9 Å². The zero-order valence-corrected chi connectivity index (χ0v) is 10.3. The fourth-order valence-corrected chi connectivity index (χ4v) is 2.09. The molecule has 2 rings (SSSR count). The first-order chi connectivity index (χ1) is 8.21. The Morgan fingerprint density at radius 1 is 1.35 bits per heavy atom. The molecule has 2 aromatic rings. The first-order valence-electron chi connectivity index (χ1n) is 6.02. The predicted octanol–water partition coefficient (Wildman–Crippen LogP) is 0.580. The third kappa shape index (κ3) is 1.98. The normalized spacial score (nSPS) is 11.2. The Balaban J connectivity index is 2.74. The smallest absolute Gasteiger partial charge is 0.274 e. The summed E-state index contributed by atoms with van der Waals surface area (Å²) in [6.07, 6.45) is 1.54. The SMILES string of the molecule is CCc1cc2n(CC)c(CCN)cc(=O)n2n1. The molecule has 5 nitrogen and oxygen atoms in total. The van der Waals surface area contributed by atoms with Crippen molar-refractivity contribution in [2.75, 3.05) is 6.54 Å². The molecule has 0 saturated heterocycles. The van der Waals surface area contributed by atoms with Gasteiger partial charge in [0.05, 0.1) is 5.69 Å². The second kappa shape index (κ2) is 4.71. The Bertz CT molecular complexity index is 582. The molecular weight excluding hydrogens is 216 g/mol. The zero-order chi connectivity index (χ0) is 12.4. The third-order valence-corrected chi connectivity index (χ3v) is 2.94. The number of hydrogen-bond acceptors (Lipinski definition) is 3. The highest BCUT2D eigenvalue weighted by molar-refractivity contribution is 5.42. The largest absolute Gasteiger partial charge is 0.330 e. The summed E-state index contributed by atoms with van der Waals surface area (Å²) in [5.41, 5.74) is 8.28. The molecule has 0 aliphatic carbocycles. The van der Waals surface area contributed by atoms with E-state index in [9.17, 15) is 4.79 Å². The third-order valence-electron chi connectivity index (χ3n) is 2.94. The van der Waals surface area contributed by atoms with Crippen molar-refractivity contribution in [1.29, 1.82) is 0 Å². The molecule has 0 fully saturated rings.